The van der Waals surface area contributed by atoms with Gasteiger partial charge in [-0.25, -0.2) is 0 Å². The van der Waals surface area contributed by atoms with E-state index in [1.807, 2.05) is 54.8 Å². The number of thiophene rings is 1. The van der Waals surface area contributed by atoms with E-state index in [2.05, 4.69) is 18.2 Å². The zero-order valence-corrected chi connectivity index (χ0v) is 23.2. The van der Waals surface area contributed by atoms with Gasteiger partial charge >= 0.3 is 7.12 Å². The van der Waals surface area contributed by atoms with Crippen LogP contribution in [0.3, 0.4) is 0 Å². The van der Waals surface area contributed by atoms with Gasteiger partial charge in [-0.3, -0.25) is 14.5 Å². The molecule has 2 amide bonds. The Kier molecular flexibility index (Phi) is 7.49. The number of likely N-dealkylation sites (tertiary alicyclic amines) is 1. The predicted octanol–water partition coefficient (Wildman–Crippen LogP) is 5.79. The van der Waals surface area contributed by atoms with E-state index in [1.165, 1.54) is 4.90 Å². The molecule has 40 heavy (non-hydrogen) atoms. The molecule has 0 spiro atoms. The van der Waals surface area contributed by atoms with E-state index < -0.39 is 13.0 Å². The number of amides is 2. The summed E-state index contributed by atoms with van der Waals surface area (Å²) in [6.45, 7) is 2.36. The number of aromatic hydroxyl groups is 1. The van der Waals surface area contributed by atoms with Crippen LogP contribution in [0.15, 0.2) is 83.3 Å². The molecular weight excluding hydrogens is 521 g/mol. The first-order chi connectivity index (χ1) is 19.4. The van der Waals surface area contributed by atoms with Crippen molar-refractivity contribution in [3.05, 3.63) is 99.3 Å². The lowest BCUT2D eigenvalue weighted by Crippen LogP contribution is -2.46. The van der Waals surface area contributed by atoms with Gasteiger partial charge in [-0.05, 0) is 84.3 Å². The minimum Gasteiger partial charge on any atom is -0.508 e. The van der Waals surface area contributed by atoms with Gasteiger partial charge in [0.2, 0.25) is 11.8 Å². The summed E-state index contributed by atoms with van der Waals surface area (Å²) in [7, 11) is -0.991. The number of carbonyl (C=O) groups excluding carboxylic acids is 2. The van der Waals surface area contributed by atoms with Crippen molar-refractivity contribution in [2.45, 2.75) is 45.2 Å². The zero-order valence-electron chi connectivity index (χ0n) is 22.4. The van der Waals surface area contributed by atoms with Crippen molar-refractivity contribution >= 4 is 41.9 Å². The third kappa shape index (κ3) is 5.19. The normalized spacial score (nSPS) is 24.9. The van der Waals surface area contributed by atoms with E-state index in [9.17, 15) is 19.7 Å². The molecule has 2 aliphatic heterocycles. The Morgan fingerprint density at radius 1 is 1.07 bits per heavy atom. The lowest BCUT2D eigenvalue weighted by Gasteiger charge is -2.42. The number of benzene rings is 2. The largest absolute Gasteiger partial charge is 0.508 e. The summed E-state index contributed by atoms with van der Waals surface area (Å²) in [6, 6.07) is 21.2. The monoisotopic (exact) mass is 553 g/mol. The van der Waals surface area contributed by atoms with Gasteiger partial charge in [0.15, 0.2) is 0 Å². The Labute approximate surface area is 238 Å². The Morgan fingerprint density at radius 2 is 1.90 bits per heavy atom. The van der Waals surface area contributed by atoms with E-state index in [-0.39, 0.29) is 35.5 Å². The van der Waals surface area contributed by atoms with E-state index in [0.717, 1.165) is 32.7 Å². The molecule has 2 aromatic carbocycles. The third-order valence-corrected chi connectivity index (χ3v) is 9.33. The summed E-state index contributed by atoms with van der Waals surface area (Å²) in [6.07, 6.45) is 3.89. The highest BCUT2D eigenvalue weighted by Gasteiger charge is 2.56. The van der Waals surface area contributed by atoms with Gasteiger partial charge in [-0.1, -0.05) is 60.2 Å². The van der Waals surface area contributed by atoms with Gasteiger partial charge < -0.3 is 14.8 Å². The van der Waals surface area contributed by atoms with Crippen molar-refractivity contribution < 1.29 is 24.4 Å². The van der Waals surface area contributed by atoms with E-state index in [1.54, 1.807) is 23.5 Å². The molecule has 2 fully saturated rings. The van der Waals surface area contributed by atoms with Crippen LogP contribution in [-0.4, -0.2) is 40.1 Å². The van der Waals surface area contributed by atoms with Crippen LogP contribution in [0.4, 0.5) is 0 Å². The van der Waals surface area contributed by atoms with Crippen LogP contribution in [0, 0.1) is 17.8 Å². The van der Waals surface area contributed by atoms with Crippen molar-refractivity contribution in [3.63, 3.8) is 0 Å². The number of imide groups is 1. The van der Waals surface area contributed by atoms with Crippen LogP contribution in [0.25, 0.3) is 11.6 Å². The van der Waals surface area contributed by atoms with Crippen LogP contribution in [0.1, 0.15) is 42.2 Å². The highest BCUT2D eigenvalue weighted by atomic mass is 32.1. The number of phenols is 1. The van der Waals surface area contributed by atoms with Crippen molar-refractivity contribution in [1.29, 1.82) is 0 Å². The molecule has 6 nitrogen and oxygen atoms in total. The van der Waals surface area contributed by atoms with Crippen molar-refractivity contribution in [2.24, 2.45) is 17.8 Å². The molecule has 0 radical (unpaired) electrons. The number of allylic oxidation sites excluding steroid dienone is 2. The number of hydrogen-bond acceptors (Lipinski definition) is 6. The topological polar surface area (TPSA) is 87.1 Å². The van der Waals surface area contributed by atoms with Gasteiger partial charge in [0.05, 0.1) is 24.5 Å². The van der Waals surface area contributed by atoms with Crippen LogP contribution < -0.4 is 0 Å². The number of rotatable bonds is 7. The molecule has 204 valence electrons. The SMILES string of the molecule is CC1=C2[C@@H](CC/C(=C/c3cccc(O)c3)c3ccccc3)OB(O)C[C@@H]2[C@@H]2C(=O)N(Cc3cccs3)C(=O)[C@@H]2C1. The number of carbonyl (C=O) groups is 2. The van der Waals surface area contributed by atoms with E-state index in [4.69, 9.17) is 4.65 Å². The maximum absolute atomic E-state index is 13.7. The molecule has 0 bridgehead atoms. The fourth-order valence-corrected chi connectivity index (χ4v) is 7.45. The molecule has 6 rings (SSSR count). The average Bonchev–Trinajstić information content (AvgIpc) is 3.54. The zero-order chi connectivity index (χ0) is 27.8. The number of hydrogen-bond donors (Lipinski definition) is 2. The van der Waals surface area contributed by atoms with Crippen LogP contribution >= 0.6 is 11.3 Å². The molecule has 0 unspecified atom stereocenters. The molecular formula is C32H32BNO5S. The highest BCUT2D eigenvalue weighted by Crippen LogP contribution is 2.51. The molecule has 4 atom stereocenters. The lowest BCUT2D eigenvalue weighted by molar-refractivity contribution is -0.140. The van der Waals surface area contributed by atoms with Gasteiger partial charge in [-0.2, -0.15) is 0 Å². The fraction of sp³-hybridized carbons (Fsp3) is 0.312. The summed E-state index contributed by atoms with van der Waals surface area (Å²) >= 11 is 1.54. The highest BCUT2D eigenvalue weighted by molar-refractivity contribution is 7.09. The molecule has 8 heteroatoms. The summed E-state index contributed by atoms with van der Waals surface area (Å²) < 4.78 is 6.13. The van der Waals surface area contributed by atoms with Crippen LogP contribution in [-0.2, 0) is 20.8 Å². The Morgan fingerprint density at radius 3 is 2.65 bits per heavy atom. The summed E-state index contributed by atoms with van der Waals surface area (Å²) in [5.41, 5.74) is 5.25. The number of fused-ring (bicyclic) bond motifs is 3. The summed E-state index contributed by atoms with van der Waals surface area (Å²) in [4.78, 5) is 29.5. The molecule has 1 aromatic heterocycles. The van der Waals surface area contributed by atoms with Gasteiger partial charge in [0.25, 0.3) is 0 Å². The maximum Gasteiger partial charge on any atom is 0.455 e. The molecule has 2 N–H and O–H groups in total. The molecule has 3 aliphatic rings. The minimum absolute atomic E-state index is 0.0975. The summed E-state index contributed by atoms with van der Waals surface area (Å²) in [5, 5.41) is 22.7. The third-order valence-electron chi connectivity index (χ3n) is 8.47. The quantitative estimate of drug-likeness (QED) is 0.167. The standard InChI is InChI=1S/C32H32BNO5S/c1-20-15-26-30(32(37)34(31(26)36)19-25-11-6-14-40-25)27-18-33(38)39-28(29(20)27)13-12-23(22-8-3-2-4-9-22)16-21-7-5-10-24(35)17-21/h2-11,14,16-17,26-28,30,35,38H,12-13,15,18-19H2,1H3/b23-16-/t26-,27+,28-,30-/m1/s1. The number of phenolic OH excluding ortho intramolecular Hbond substituents is 1. The van der Waals surface area contributed by atoms with E-state index in [0.29, 0.717) is 32.1 Å². The van der Waals surface area contributed by atoms with Gasteiger partial charge in [0.1, 0.15) is 5.75 Å². The average molecular weight is 553 g/mol. The number of nitrogens with zero attached hydrogens (tertiary/aromatic N) is 1. The summed E-state index contributed by atoms with van der Waals surface area (Å²) in [5.74, 6) is -1.06. The van der Waals surface area contributed by atoms with Gasteiger partial charge in [-0.15, -0.1) is 11.3 Å². The second-order valence-electron chi connectivity index (χ2n) is 11.0. The Bertz CT molecular complexity index is 1470. The first-order valence-electron chi connectivity index (χ1n) is 13.8. The smallest absolute Gasteiger partial charge is 0.455 e. The van der Waals surface area contributed by atoms with Crippen molar-refractivity contribution in [1.82, 2.24) is 4.90 Å². The fourth-order valence-electron chi connectivity index (χ4n) is 6.75. The maximum atomic E-state index is 13.7. The Hall–Kier alpha value is -3.46. The predicted molar refractivity (Wildman–Crippen MR) is 157 cm³/mol. The van der Waals surface area contributed by atoms with Crippen LogP contribution in [0.2, 0.25) is 6.32 Å². The molecule has 3 heterocycles. The van der Waals surface area contributed by atoms with Crippen molar-refractivity contribution in [3.8, 4) is 5.75 Å². The second-order valence-corrected chi connectivity index (χ2v) is 12.0. The minimum atomic E-state index is -0.991. The first kappa shape index (κ1) is 26.8. The first-order valence-corrected chi connectivity index (χ1v) is 14.7. The molecule has 0 saturated carbocycles. The van der Waals surface area contributed by atoms with Crippen molar-refractivity contribution in [2.75, 3.05) is 0 Å². The molecule has 3 aromatic rings. The molecule has 2 saturated heterocycles. The van der Waals surface area contributed by atoms with Crippen LogP contribution in [0.5, 0.6) is 5.75 Å². The van der Waals surface area contributed by atoms with Gasteiger partial charge in [0, 0.05) is 4.88 Å². The lowest BCUT2D eigenvalue weighted by atomic mass is 9.58. The van der Waals surface area contributed by atoms with E-state index >= 15 is 0 Å². The second kappa shape index (κ2) is 11.2. The Balaban J connectivity index is 1.27. The molecule has 1 aliphatic carbocycles.